The number of carboxylic acids is 1. The summed E-state index contributed by atoms with van der Waals surface area (Å²) in [4.78, 5) is 10.2. The van der Waals surface area contributed by atoms with Crippen molar-refractivity contribution in [1.82, 2.24) is 0 Å². The quantitative estimate of drug-likeness (QED) is 0.178. The molecule has 5 N–H and O–H groups in total. The lowest BCUT2D eigenvalue weighted by molar-refractivity contribution is -0.138. The summed E-state index contributed by atoms with van der Waals surface area (Å²) < 4.78 is 0. The van der Waals surface area contributed by atoms with Crippen LogP contribution >= 0.6 is 11.8 Å². The number of hydrogen-bond donors (Lipinski definition) is 3. The molecule has 6 heteroatoms. The Labute approximate surface area is 75.2 Å². The molecular weight excluding hydrogens is 178 g/mol. The van der Waals surface area contributed by atoms with Gasteiger partial charge in [-0.25, -0.2) is 0 Å². The summed E-state index contributed by atoms with van der Waals surface area (Å²) in [5, 5.41) is 11.7. The van der Waals surface area contributed by atoms with E-state index >= 15 is 0 Å². The van der Waals surface area contributed by atoms with Crippen LogP contribution in [0.1, 0.15) is 12.8 Å². The Balaban J connectivity index is 3.25. The molecule has 0 spiro atoms. The maximum atomic E-state index is 10.2. The average Bonchev–Trinajstić information content (AvgIpc) is 2.03. The van der Waals surface area contributed by atoms with E-state index in [1.54, 1.807) is 0 Å². The van der Waals surface area contributed by atoms with E-state index in [9.17, 15) is 4.79 Å². The number of hydrogen-bond acceptors (Lipinski definition) is 5. The van der Waals surface area contributed by atoms with Crippen LogP contribution in [0.25, 0.3) is 0 Å². The topological polar surface area (TPSA) is 102 Å². The highest BCUT2D eigenvalue weighted by Gasteiger charge is 2.09. The van der Waals surface area contributed by atoms with Gasteiger partial charge in [0, 0.05) is 0 Å². The monoisotopic (exact) mass is 191 g/mol. The fourth-order valence-corrected chi connectivity index (χ4v) is 1.13. The lowest BCUT2D eigenvalue weighted by Gasteiger charge is -2.03. The number of hydrazone groups is 1. The molecule has 1 atom stereocenters. The van der Waals surface area contributed by atoms with Gasteiger partial charge in [-0.3, -0.25) is 4.79 Å². The smallest absolute Gasteiger partial charge is 0.320 e. The molecule has 0 unspecified atom stereocenters. The maximum absolute atomic E-state index is 10.2. The van der Waals surface area contributed by atoms with E-state index in [1.165, 1.54) is 17.3 Å². The average molecular weight is 191 g/mol. The van der Waals surface area contributed by atoms with Crippen molar-refractivity contribution >= 4 is 23.3 Å². The number of thioether (sulfide) groups is 1. The van der Waals surface area contributed by atoms with Crippen molar-refractivity contribution in [2.24, 2.45) is 16.7 Å². The minimum Gasteiger partial charge on any atom is -0.480 e. The highest BCUT2D eigenvalue weighted by molar-refractivity contribution is 8.12. The zero-order valence-corrected chi connectivity index (χ0v) is 7.46. The first-order chi connectivity index (χ1) is 5.68. The van der Waals surface area contributed by atoms with Crippen LogP contribution in [0.5, 0.6) is 0 Å². The summed E-state index contributed by atoms with van der Waals surface area (Å²) in [6, 6.07) is -0.750. The molecule has 5 nitrogen and oxygen atoms in total. The van der Waals surface area contributed by atoms with E-state index in [2.05, 4.69) is 5.10 Å². The lowest BCUT2D eigenvalue weighted by Crippen LogP contribution is -2.29. The number of carbonyl (C=O) groups is 1. The molecule has 0 rings (SSSR count). The van der Waals surface area contributed by atoms with E-state index in [0.29, 0.717) is 6.42 Å². The van der Waals surface area contributed by atoms with Crippen LogP contribution in [0.2, 0.25) is 0 Å². The maximum Gasteiger partial charge on any atom is 0.320 e. The van der Waals surface area contributed by atoms with Gasteiger partial charge in [0.15, 0.2) is 0 Å². The molecule has 0 saturated heterocycles. The number of rotatable bonds is 6. The third kappa shape index (κ3) is 5.99. The molecule has 0 heterocycles. The second kappa shape index (κ2) is 6.93. The van der Waals surface area contributed by atoms with Gasteiger partial charge < -0.3 is 16.7 Å². The van der Waals surface area contributed by atoms with Crippen LogP contribution in [0.15, 0.2) is 5.10 Å². The normalized spacial score (nSPS) is 13.4. The van der Waals surface area contributed by atoms with Gasteiger partial charge in [-0.05, 0) is 18.6 Å². The SMILES string of the molecule is N/N=C/SCCC[C@H](N)C(=O)O. The fourth-order valence-electron chi connectivity index (χ4n) is 0.606. The molecular formula is C6H13N3O2S. The molecule has 0 radical (unpaired) electrons. The van der Waals surface area contributed by atoms with Crippen LogP contribution in [-0.4, -0.2) is 28.4 Å². The van der Waals surface area contributed by atoms with Crippen LogP contribution < -0.4 is 11.6 Å². The first-order valence-corrected chi connectivity index (χ1v) is 4.55. The van der Waals surface area contributed by atoms with Crippen LogP contribution in [0, 0.1) is 0 Å². The number of nitrogens with two attached hydrogens (primary N) is 2. The van der Waals surface area contributed by atoms with Gasteiger partial charge >= 0.3 is 5.97 Å². The Morgan fingerprint density at radius 2 is 2.42 bits per heavy atom. The predicted molar refractivity (Wildman–Crippen MR) is 50.0 cm³/mol. The van der Waals surface area contributed by atoms with Crippen LogP contribution in [0.3, 0.4) is 0 Å². The van der Waals surface area contributed by atoms with Gasteiger partial charge in [0.05, 0.1) is 5.55 Å². The third-order valence-electron chi connectivity index (χ3n) is 1.23. The Kier molecular flexibility index (Phi) is 6.50. The van der Waals surface area contributed by atoms with Crippen molar-refractivity contribution in [2.75, 3.05) is 5.75 Å². The third-order valence-corrected chi connectivity index (χ3v) is 2.03. The Morgan fingerprint density at radius 1 is 1.75 bits per heavy atom. The number of aliphatic carboxylic acids is 1. The molecule has 0 saturated carbocycles. The summed E-state index contributed by atoms with van der Waals surface area (Å²) in [6.45, 7) is 0. The molecule has 0 aromatic rings. The molecule has 0 amide bonds. The van der Waals surface area contributed by atoms with Crippen molar-refractivity contribution < 1.29 is 9.90 Å². The summed E-state index contributed by atoms with van der Waals surface area (Å²) >= 11 is 1.44. The summed E-state index contributed by atoms with van der Waals surface area (Å²) in [5.74, 6) is 4.69. The Morgan fingerprint density at radius 3 is 2.92 bits per heavy atom. The largest absolute Gasteiger partial charge is 0.480 e. The molecule has 0 fully saturated rings. The molecule has 0 aliphatic carbocycles. The van der Waals surface area contributed by atoms with Gasteiger partial charge in [-0.15, -0.1) is 11.8 Å². The van der Waals surface area contributed by atoms with Crippen molar-refractivity contribution in [3.8, 4) is 0 Å². The highest BCUT2D eigenvalue weighted by atomic mass is 32.2. The molecule has 0 aliphatic heterocycles. The van der Waals surface area contributed by atoms with Gasteiger partial charge in [0.2, 0.25) is 0 Å². The molecule has 12 heavy (non-hydrogen) atoms. The van der Waals surface area contributed by atoms with Gasteiger partial charge in [0.1, 0.15) is 6.04 Å². The van der Waals surface area contributed by atoms with Crippen LogP contribution in [-0.2, 0) is 4.79 Å². The molecule has 70 valence electrons. The molecule has 0 bridgehead atoms. The minimum atomic E-state index is -0.951. The van der Waals surface area contributed by atoms with E-state index in [1.807, 2.05) is 0 Å². The summed E-state index contributed by atoms with van der Waals surface area (Å²) in [6.07, 6.45) is 1.24. The van der Waals surface area contributed by atoms with Crippen molar-refractivity contribution in [1.29, 1.82) is 0 Å². The molecule has 0 aliphatic rings. The van der Waals surface area contributed by atoms with Crippen molar-refractivity contribution in [3.63, 3.8) is 0 Å². The zero-order chi connectivity index (χ0) is 9.40. The molecule has 0 aromatic carbocycles. The second-order valence-corrected chi connectivity index (χ2v) is 3.16. The fraction of sp³-hybridized carbons (Fsp3) is 0.667. The van der Waals surface area contributed by atoms with E-state index < -0.39 is 12.0 Å². The summed E-state index contributed by atoms with van der Waals surface area (Å²) in [7, 11) is 0. The molecule has 0 aromatic heterocycles. The highest BCUT2D eigenvalue weighted by Crippen LogP contribution is 2.02. The zero-order valence-electron chi connectivity index (χ0n) is 6.64. The van der Waals surface area contributed by atoms with Crippen molar-refractivity contribution in [3.05, 3.63) is 0 Å². The first kappa shape index (κ1) is 11.2. The summed E-state index contributed by atoms with van der Waals surface area (Å²) in [5.41, 5.74) is 6.78. The van der Waals surface area contributed by atoms with Gasteiger partial charge in [-0.1, -0.05) is 0 Å². The number of carboxylic acid groups (broad SMARTS) is 1. The van der Waals surface area contributed by atoms with Crippen LogP contribution in [0.4, 0.5) is 0 Å². The van der Waals surface area contributed by atoms with Crippen molar-refractivity contribution in [2.45, 2.75) is 18.9 Å². The lowest BCUT2D eigenvalue weighted by atomic mass is 10.2. The van der Waals surface area contributed by atoms with Gasteiger partial charge in [0.25, 0.3) is 0 Å². The minimum absolute atomic E-state index is 0.487. The predicted octanol–water partition coefficient (Wildman–Crippen LogP) is -0.186. The van der Waals surface area contributed by atoms with E-state index in [0.717, 1.165) is 12.2 Å². The Hall–Kier alpha value is -0.750. The van der Waals surface area contributed by atoms with Gasteiger partial charge in [-0.2, -0.15) is 5.10 Å². The van der Waals surface area contributed by atoms with E-state index in [4.69, 9.17) is 16.7 Å². The standard InChI is InChI=1S/C6H13N3O2S/c7-5(6(10)11)2-1-3-12-4-9-8/h4-5H,1-3,7-8H2,(H,10,11)/b9-4+/t5-/m0/s1. The first-order valence-electron chi connectivity index (χ1n) is 3.50. The Bertz CT molecular complexity index is 163. The second-order valence-electron chi connectivity index (χ2n) is 2.21. The number of nitrogens with zero attached hydrogens (tertiary/aromatic N) is 1. The van der Waals surface area contributed by atoms with E-state index in [-0.39, 0.29) is 0 Å².